The molecule has 138 valence electrons. The van der Waals surface area contributed by atoms with Gasteiger partial charge in [0.1, 0.15) is 0 Å². The number of hydrogen-bond acceptors (Lipinski definition) is 6. The predicted octanol–water partition coefficient (Wildman–Crippen LogP) is 2.61. The maximum absolute atomic E-state index is 12.9. The molecular weight excluding hydrogens is 346 g/mol. The van der Waals surface area contributed by atoms with Crippen LogP contribution in [0.4, 0.5) is 5.69 Å². The van der Waals surface area contributed by atoms with E-state index in [1.54, 1.807) is 37.7 Å². The van der Waals surface area contributed by atoms with E-state index < -0.39 is 0 Å². The molecule has 0 fully saturated rings. The number of ether oxygens (including phenoxy) is 2. The van der Waals surface area contributed by atoms with Crippen molar-refractivity contribution in [1.29, 1.82) is 0 Å². The Morgan fingerprint density at radius 1 is 1.22 bits per heavy atom. The first kappa shape index (κ1) is 17.0. The van der Waals surface area contributed by atoms with E-state index in [1.807, 2.05) is 19.1 Å². The van der Waals surface area contributed by atoms with Gasteiger partial charge in [-0.2, -0.15) is 5.10 Å². The minimum atomic E-state index is -0.0484. The number of aromatic amines is 1. The lowest BCUT2D eigenvalue weighted by molar-refractivity contribution is 0.0996. The van der Waals surface area contributed by atoms with Gasteiger partial charge in [0.15, 0.2) is 5.75 Å². The van der Waals surface area contributed by atoms with Gasteiger partial charge in [-0.25, -0.2) is 4.98 Å². The van der Waals surface area contributed by atoms with Gasteiger partial charge in [0.25, 0.3) is 11.8 Å². The third-order valence-corrected chi connectivity index (χ3v) is 4.65. The monoisotopic (exact) mass is 365 g/mol. The van der Waals surface area contributed by atoms with Crippen molar-refractivity contribution < 1.29 is 14.3 Å². The number of nitrogens with zero attached hydrogens (tertiary/aromatic N) is 4. The highest BCUT2D eigenvalue weighted by Crippen LogP contribution is 2.34. The molecule has 0 saturated carbocycles. The summed E-state index contributed by atoms with van der Waals surface area (Å²) in [5.41, 5.74) is 4.68. The van der Waals surface area contributed by atoms with Crippen molar-refractivity contribution >= 4 is 11.6 Å². The summed E-state index contributed by atoms with van der Waals surface area (Å²) < 4.78 is 10.5. The average molecular weight is 365 g/mol. The number of amides is 1. The highest BCUT2D eigenvalue weighted by Gasteiger charge is 2.33. The van der Waals surface area contributed by atoms with Gasteiger partial charge in [-0.1, -0.05) is 6.92 Å². The number of carbonyl (C=O) groups excluding carboxylic acids is 1. The number of rotatable bonds is 5. The molecule has 0 bridgehead atoms. The Hall–Kier alpha value is -3.42. The van der Waals surface area contributed by atoms with Crippen LogP contribution >= 0.6 is 0 Å². The first-order valence-electron chi connectivity index (χ1n) is 8.58. The van der Waals surface area contributed by atoms with Crippen molar-refractivity contribution in [2.24, 2.45) is 0 Å². The molecule has 4 rings (SSSR count). The molecule has 0 atom stereocenters. The van der Waals surface area contributed by atoms with E-state index in [4.69, 9.17) is 14.5 Å². The van der Waals surface area contributed by atoms with Crippen molar-refractivity contribution in [1.82, 2.24) is 20.2 Å². The molecule has 1 N–H and O–H groups in total. The fraction of sp³-hybridized carbons (Fsp3) is 0.263. The van der Waals surface area contributed by atoms with Crippen LogP contribution in [0, 0.1) is 0 Å². The number of carbonyl (C=O) groups is 1. The SMILES string of the molecule is CCc1cc(-c2cnc(OC)c(OC)c2)nc2c1C(=O)N(c1cn[nH]c1)C2. The predicted molar refractivity (Wildman–Crippen MR) is 99.1 cm³/mol. The van der Waals surface area contributed by atoms with Crippen LogP contribution < -0.4 is 14.4 Å². The van der Waals surface area contributed by atoms with E-state index in [-0.39, 0.29) is 5.91 Å². The first-order valence-corrected chi connectivity index (χ1v) is 8.58. The molecule has 3 aromatic heterocycles. The number of aryl methyl sites for hydroxylation is 1. The highest BCUT2D eigenvalue weighted by atomic mass is 16.5. The molecule has 1 aliphatic heterocycles. The number of aromatic nitrogens is 4. The van der Waals surface area contributed by atoms with Crippen molar-refractivity contribution in [2.75, 3.05) is 19.1 Å². The maximum Gasteiger partial charge on any atom is 0.260 e. The summed E-state index contributed by atoms with van der Waals surface area (Å²) in [4.78, 5) is 23.6. The lowest BCUT2D eigenvalue weighted by Crippen LogP contribution is -2.22. The van der Waals surface area contributed by atoms with Crippen LogP contribution in [0.1, 0.15) is 28.5 Å². The molecule has 1 amide bonds. The molecule has 0 saturated heterocycles. The molecule has 27 heavy (non-hydrogen) atoms. The second kappa shape index (κ2) is 6.71. The third kappa shape index (κ3) is 2.79. The first-order chi connectivity index (χ1) is 13.2. The second-order valence-electron chi connectivity index (χ2n) is 6.13. The fourth-order valence-corrected chi connectivity index (χ4v) is 3.29. The Morgan fingerprint density at radius 3 is 2.74 bits per heavy atom. The fourth-order valence-electron chi connectivity index (χ4n) is 3.29. The Labute approximate surface area is 156 Å². The molecule has 8 nitrogen and oxygen atoms in total. The Balaban J connectivity index is 1.79. The number of anilines is 1. The molecule has 0 unspecified atom stereocenters. The van der Waals surface area contributed by atoms with Gasteiger partial charge in [-0.05, 0) is 24.1 Å². The minimum Gasteiger partial charge on any atom is -0.491 e. The van der Waals surface area contributed by atoms with Gasteiger partial charge in [-0.15, -0.1) is 0 Å². The zero-order chi connectivity index (χ0) is 19.0. The van der Waals surface area contributed by atoms with Gasteiger partial charge in [0, 0.05) is 18.0 Å². The largest absolute Gasteiger partial charge is 0.491 e. The van der Waals surface area contributed by atoms with E-state index in [0.29, 0.717) is 23.7 Å². The van der Waals surface area contributed by atoms with Gasteiger partial charge >= 0.3 is 0 Å². The summed E-state index contributed by atoms with van der Waals surface area (Å²) in [7, 11) is 3.11. The number of nitrogens with one attached hydrogen (secondary N) is 1. The second-order valence-corrected chi connectivity index (χ2v) is 6.13. The van der Waals surface area contributed by atoms with Gasteiger partial charge in [0.2, 0.25) is 0 Å². The molecule has 0 aliphatic carbocycles. The van der Waals surface area contributed by atoms with Crippen LogP contribution in [-0.4, -0.2) is 40.3 Å². The molecule has 0 aromatic carbocycles. The molecular formula is C19H19N5O3. The summed E-state index contributed by atoms with van der Waals surface area (Å²) >= 11 is 0. The number of fused-ring (bicyclic) bond motifs is 1. The lowest BCUT2D eigenvalue weighted by atomic mass is 10.0. The third-order valence-electron chi connectivity index (χ3n) is 4.65. The molecule has 8 heteroatoms. The number of hydrogen-bond donors (Lipinski definition) is 1. The lowest BCUT2D eigenvalue weighted by Gasteiger charge is -2.12. The van der Waals surface area contributed by atoms with Crippen LogP contribution in [0.25, 0.3) is 11.3 Å². The van der Waals surface area contributed by atoms with Crippen LogP contribution in [0.15, 0.2) is 30.7 Å². The molecule has 1 aliphatic rings. The van der Waals surface area contributed by atoms with E-state index >= 15 is 0 Å². The van der Waals surface area contributed by atoms with Crippen molar-refractivity contribution in [3.05, 3.63) is 47.5 Å². The molecule has 4 heterocycles. The molecule has 0 radical (unpaired) electrons. The summed E-state index contributed by atoms with van der Waals surface area (Å²) in [6.45, 7) is 2.44. The van der Waals surface area contributed by atoms with E-state index in [0.717, 1.165) is 34.6 Å². The average Bonchev–Trinajstić information content (AvgIpc) is 3.34. The van der Waals surface area contributed by atoms with Crippen LogP contribution in [0.2, 0.25) is 0 Å². The molecule has 0 spiro atoms. The number of methoxy groups -OCH3 is 2. The zero-order valence-corrected chi connectivity index (χ0v) is 15.3. The quantitative estimate of drug-likeness (QED) is 0.747. The van der Waals surface area contributed by atoms with Crippen molar-refractivity contribution in [3.8, 4) is 22.9 Å². The van der Waals surface area contributed by atoms with Gasteiger partial charge in [0.05, 0.1) is 49.6 Å². The smallest absolute Gasteiger partial charge is 0.260 e. The Bertz CT molecular complexity index is 1000. The van der Waals surface area contributed by atoms with E-state index in [9.17, 15) is 4.79 Å². The van der Waals surface area contributed by atoms with Crippen molar-refractivity contribution in [3.63, 3.8) is 0 Å². The number of H-pyrrole nitrogens is 1. The Kier molecular flexibility index (Phi) is 4.23. The summed E-state index contributed by atoms with van der Waals surface area (Å²) in [6, 6.07) is 3.78. The topological polar surface area (TPSA) is 93.2 Å². The van der Waals surface area contributed by atoms with Gasteiger partial charge in [-0.3, -0.25) is 19.8 Å². The van der Waals surface area contributed by atoms with Crippen LogP contribution in [0.5, 0.6) is 11.6 Å². The van der Waals surface area contributed by atoms with Gasteiger partial charge < -0.3 is 9.47 Å². The maximum atomic E-state index is 12.9. The summed E-state index contributed by atoms with van der Waals surface area (Å²) in [6.07, 6.45) is 5.76. The minimum absolute atomic E-state index is 0.0484. The standard InChI is InChI=1S/C19H19N5O3/c1-4-11-5-14(12-6-16(26-2)18(27-3)20-7-12)23-15-10-24(19(25)17(11)15)13-8-21-22-9-13/h5-9H,4,10H2,1-3H3,(H,21,22). The van der Waals surface area contributed by atoms with Crippen molar-refractivity contribution in [2.45, 2.75) is 19.9 Å². The number of pyridine rings is 2. The summed E-state index contributed by atoms with van der Waals surface area (Å²) in [5.74, 6) is 0.901. The zero-order valence-electron chi connectivity index (χ0n) is 15.3. The highest BCUT2D eigenvalue weighted by molar-refractivity contribution is 6.10. The van der Waals surface area contributed by atoms with E-state index in [1.165, 1.54) is 0 Å². The summed E-state index contributed by atoms with van der Waals surface area (Å²) in [5, 5.41) is 6.68. The Morgan fingerprint density at radius 2 is 2.07 bits per heavy atom. The normalized spacial score (nSPS) is 13.0. The van der Waals surface area contributed by atoms with Crippen LogP contribution in [-0.2, 0) is 13.0 Å². The molecule has 3 aromatic rings. The van der Waals surface area contributed by atoms with Crippen LogP contribution in [0.3, 0.4) is 0 Å². The van der Waals surface area contributed by atoms with E-state index in [2.05, 4.69) is 15.2 Å².